The van der Waals surface area contributed by atoms with E-state index in [1.807, 2.05) is 45.9 Å². The van der Waals surface area contributed by atoms with Crippen LogP contribution in [0.15, 0.2) is 18.2 Å². The van der Waals surface area contributed by atoms with Crippen LogP contribution in [0.2, 0.25) is 16.6 Å². The fourth-order valence-corrected chi connectivity index (χ4v) is 10.3. The van der Waals surface area contributed by atoms with Gasteiger partial charge in [0.15, 0.2) is 11.5 Å². The van der Waals surface area contributed by atoms with Crippen LogP contribution in [0, 0.1) is 11.5 Å². The van der Waals surface area contributed by atoms with Gasteiger partial charge in [-0.3, -0.25) is 9.59 Å². The van der Waals surface area contributed by atoms with Crippen LogP contribution < -0.4 is 14.8 Å². The van der Waals surface area contributed by atoms with Crippen molar-refractivity contribution in [3.63, 3.8) is 0 Å². The summed E-state index contributed by atoms with van der Waals surface area (Å²) in [5.41, 5.74) is 6.07. The molecule has 0 radical (unpaired) electrons. The number of ether oxygens (including phenoxy) is 2. The van der Waals surface area contributed by atoms with Crippen LogP contribution in [0.25, 0.3) is 0 Å². The molecule has 1 aromatic carbocycles. The maximum absolute atomic E-state index is 12.5. The van der Waals surface area contributed by atoms with E-state index in [0.29, 0.717) is 28.1 Å². The lowest BCUT2D eigenvalue weighted by atomic mass is 10.2. The molecule has 196 valence electrons. The zero-order chi connectivity index (χ0) is 26.9. The number of hydrogen-bond acceptors (Lipinski definition) is 4. The average molecular weight is 503 g/mol. The first kappa shape index (κ1) is 30.6. The highest BCUT2D eigenvalue weighted by atomic mass is 28.3. The monoisotopic (exact) mass is 502 g/mol. The molecule has 0 spiro atoms. The molecule has 0 atom stereocenters. The molecule has 1 N–H and O–H groups in total. The molecule has 0 saturated carbocycles. The van der Waals surface area contributed by atoms with Crippen molar-refractivity contribution < 1.29 is 19.1 Å². The van der Waals surface area contributed by atoms with Crippen molar-refractivity contribution in [2.24, 2.45) is 0 Å². The fourth-order valence-electron chi connectivity index (χ4n) is 5.11. The smallest absolute Gasteiger partial charge is 0.312 e. The molecule has 0 heterocycles. The Bertz CT molecular complexity index is 883. The summed E-state index contributed by atoms with van der Waals surface area (Å²) in [7, 11) is -0.314. The van der Waals surface area contributed by atoms with Crippen LogP contribution in [0.5, 0.6) is 11.5 Å². The summed E-state index contributed by atoms with van der Waals surface area (Å²) >= 11 is 0. The molecular weight excluding hydrogens is 456 g/mol. The minimum atomic E-state index is -1.91. The van der Waals surface area contributed by atoms with E-state index in [2.05, 4.69) is 58.3 Å². The van der Waals surface area contributed by atoms with Crippen molar-refractivity contribution in [1.82, 2.24) is 10.2 Å². The molecule has 0 aliphatic heterocycles. The van der Waals surface area contributed by atoms with Crippen molar-refractivity contribution in [2.75, 3.05) is 20.3 Å². The second-order valence-electron chi connectivity index (χ2n) is 10.5. The number of amides is 2. The molecule has 6 nitrogen and oxygen atoms in total. The number of methoxy groups -OCH3 is 1. The lowest BCUT2D eigenvalue weighted by Gasteiger charge is -2.38. The van der Waals surface area contributed by atoms with Gasteiger partial charge in [-0.2, -0.15) is 0 Å². The Morgan fingerprint density at radius 2 is 1.49 bits per heavy atom. The highest BCUT2D eigenvalue weighted by Gasteiger charge is 2.41. The highest BCUT2D eigenvalue weighted by molar-refractivity contribution is 6.90. The lowest BCUT2D eigenvalue weighted by molar-refractivity contribution is -0.148. The fraction of sp³-hybridized carbons (Fsp3) is 0.643. The standard InChI is InChI=1S/C28H46N2O4Si/c1-19(2)30(20(3)4)28(32)27(31)29-16-17-34-26-24(13-12-14-25(26)33-11)15-18-35(21(5)6,22(7)8)23(9)10/h12-14,19-23H,16-17H2,1-11H3,(H,29,31). The van der Waals surface area contributed by atoms with Crippen LogP contribution in [-0.2, 0) is 9.59 Å². The third-order valence-corrected chi connectivity index (χ3v) is 12.9. The number of carbonyl (C=O) groups excluding carboxylic acids is 2. The molecule has 0 fully saturated rings. The van der Waals surface area contributed by atoms with Crippen molar-refractivity contribution in [2.45, 2.75) is 97.9 Å². The van der Waals surface area contributed by atoms with Crippen molar-refractivity contribution >= 4 is 19.9 Å². The van der Waals surface area contributed by atoms with Gasteiger partial charge in [-0.1, -0.05) is 53.5 Å². The van der Waals surface area contributed by atoms with E-state index in [0.717, 1.165) is 5.56 Å². The SMILES string of the molecule is COc1cccc(C#C[Si](C(C)C)(C(C)C)C(C)C)c1OCCNC(=O)C(=O)N(C(C)C)C(C)C. The molecule has 0 aliphatic rings. The third kappa shape index (κ3) is 7.51. The molecular formula is C28H46N2O4Si. The van der Waals surface area contributed by atoms with Gasteiger partial charge in [0.2, 0.25) is 0 Å². The van der Waals surface area contributed by atoms with E-state index in [1.54, 1.807) is 12.0 Å². The minimum Gasteiger partial charge on any atom is -0.493 e. The summed E-state index contributed by atoms with van der Waals surface area (Å²) in [6, 6.07) is 5.57. The van der Waals surface area contributed by atoms with Crippen molar-refractivity contribution in [3.8, 4) is 23.0 Å². The summed E-state index contributed by atoms with van der Waals surface area (Å²) in [4.78, 5) is 26.5. The topological polar surface area (TPSA) is 67.9 Å². The molecule has 35 heavy (non-hydrogen) atoms. The molecule has 1 aromatic rings. The van der Waals surface area contributed by atoms with Gasteiger partial charge >= 0.3 is 11.8 Å². The van der Waals surface area contributed by atoms with Crippen LogP contribution in [0.1, 0.15) is 74.8 Å². The van der Waals surface area contributed by atoms with E-state index in [9.17, 15) is 9.59 Å². The molecule has 2 amide bonds. The van der Waals surface area contributed by atoms with Gasteiger partial charge in [0.1, 0.15) is 14.7 Å². The molecule has 0 aliphatic carbocycles. The zero-order valence-electron chi connectivity index (χ0n) is 23.6. The Hall–Kier alpha value is -2.46. The predicted molar refractivity (Wildman–Crippen MR) is 147 cm³/mol. The van der Waals surface area contributed by atoms with Gasteiger partial charge in [-0.15, -0.1) is 5.54 Å². The second-order valence-corrected chi connectivity index (χ2v) is 16.1. The third-order valence-electron chi connectivity index (χ3n) is 6.65. The first-order valence-electron chi connectivity index (χ1n) is 12.7. The van der Waals surface area contributed by atoms with Crippen LogP contribution in [0.3, 0.4) is 0 Å². The summed E-state index contributed by atoms with van der Waals surface area (Å²) < 4.78 is 11.6. The highest BCUT2D eigenvalue weighted by Crippen LogP contribution is 2.41. The summed E-state index contributed by atoms with van der Waals surface area (Å²) in [6.07, 6.45) is 0. The van der Waals surface area contributed by atoms with E-state index in [-0.39, 0.29) is 25.2 Å². The van der Waals surface area contributed by atoms with Crippen LogP contribution >= 0.6 is 0 Å². The molecule has 0 saturated heterocycles. The average Bonchev–Trinajstić information content (AvgIpc) is 2.75. The Morgan fingerprint density at radius 1 is 0.943 bits per heavy atom. The van der Waals surface area contributed by atoms with Gasteiger partial charge in [-0.25, -0.2) is 0 Å². The molecule has 0 bridgehead atoms. The Balaban J connectivity index is 3.07. The van der Waals surface area contributed by atoms with Gasteiger partial charge in [0.25, 0.3) is 0 Å². The van der Waals surface area contributed by atoms with E-state index >= 15 is 0 Å². The Labute approximate surface area is 214 Å². The summed E-state index contributed by atoms with van der Waals surface area (Å²) in [6.45, 7) is 21.7. The largest absolute Gasteiger partial charge is 0.493 e. The number of benzene rings is 1. The van der Waals surface area contributed by atoms with Crippen molar-refractivity contribution in [3.05, 3.63) is 23.8 Å². The van der Waals surface area contributed by atoms with Crippen molar-refractivity contribution in [1.29, 1.82) is 0 Å². The predicted octanol–water partition coefficient (Wildman–Crippen LogP) is 5.41. The quantitative estimate of drug-likeness (QED) is 0.201. The number of hydrogen-bond donors (Lipinski definition) is 1. The normalized spacial score (nSPS) is 11.7. The lowest BCUT2D eigenvalue weighted by Crippen LogP contribution is -2.49. The Kier molecular flexibility index (Phi) is 11.9. The first-order valence-corrected chi connectivity index (χ1v) is 15.0. The Morgan fingerprint density at radius 3 is 1.94 bits per heavy atom. The summed E-state index contributed by atoms with van der Waals surface area (Å²) in [5, 5.41) is 2.68. The van der Waals surface area contributed by atoms with Gasteiger partial charge < -0.3 is 19.7 Å². The maximum Gasteiger partial charge on any atom is 0.312 e. The number of para-hydroxylation sites is 1. The second kappa shape index (κ2) is 13.6. The van der Waals surface area contributed by atoms with Gasteiger partial charge in [0.05, 0.1) is 19.2 Å². The van der Waals surface area contributed by atoms with E-state index < -0.39 is 19.9 Å². The van der Waals surface area contributed by atoms with Gasteiger partial charge in [0, 0.05) is 12.1 Å². The van der Waals surface area contributed by atoms with Gasteiger partial charge in [-0.05, 0) is 56.5 Å². The molecule has 1 rings (SSSR count). The summed E-state index contributed by atoms with van der Waals surface area (Å²) in [5.74, 6) is 3.44. The van der Waals surface area contributed by atoms with Crippen LogP contribution in [-0.4, -0.2) is 57.1 Å². The number of nitrogens with zero attached hydrogens (tertiary/aromatic N) is 1. The molecule has 0 aromatic heterocycles. The van der Waals surface area contributed by atoms with Crippen LogP contribution in [0.4, 0.5) is 0 Å². The maximum atomic E-state index is 12.5. The zero-order valence-corrected chi connectivity index (χ0v) is 24.6. The van der Waals surface area contributed by atoms with E-state index in [1.165, 1.54) is 0 Å². The number of carbonyl (C=O) groups is 2. The first-order chi connectivity index (χ1) is 16.3. The number of nitrogens with one attached hydrogen (secondary N) is 1. The molecule has 7 heteroatoms. The molecule has 0 unspecified atom stereocenters. The number of rotatable bonds is 10. The van der Waals surface area contributed by atoms with E-state index in [4.69, 9.17) is 9.47 Å². The minimum absolute atomic E-state index is 0.0580.